The van der Waals surface area contributed by atoms with Gasteiger partial charge in [-0.2, -0.15) is 0 Å². The van der Waals surface area contributed by atoms with Gasteiger partial charge in [0, 0.05) is 56.6 Å². The minimum Gasteiger partial charge on any atom is -0.339 e. The molecule has 1 aliphatic rings. The lowest BCUT2D eigenvalue weighted by molar-refractivity contribution is -0.114. The number of anilines is 1. The molecule has 0 spiro atoms. The van der Waals surface area contributed by atoms with Crippen LogP contribution in [0.4, 0.5) is 5.69 Å². The lowest BCUT2D eigenvalue weighted by atomic mass is 9.96. The highest BCUT2D eigenvalue weighted by Gasteiger charge is 2.24. The molecule has 6 heteroatoms. The first-order chi connectivity index (χ1) is 12.6. The zero-order valence-electron chi connectivity index (χ0n) is 15.4. The standard InChI is InChI=1S/C20H26N4O2/c1-3-19-21-10-13-24(19)14-16-8-11-23(12-9-16)20(26)17-4-6-18(7-5-17)22-15(2)25/h4-7,10,13,16H,3,8-9,11-12,14H2,1-2H3,(H,22,25). The van der Waals surface area contributed by atoms with Crippen LogP contribution in [0.3, 0.4) is 0 Å². The third kappa shape index (κ3) is 4.31. The molecular weight excluding hydrogens is 328 g/mol. The van der Waals surface area contributed by atoms with E-state index < -0.39 is 0 Å². The Balaban J connectivity index is 1.54. The van der Waals surface area contributed by atoms with Crippen LogP contribution < -0.4 is 5.32 Å². The van der Waals surface area contributed by atoms with E-state index in [0.717, 1.165) is 44.7 Å². The minimum atomic E-state index is -0.115. The molecule has 1 aromatic heterocycles. The number of amides is 2. The van der Waals surface area contributed by atoms with Gasteiger partial charge in [-0.1, -0.05) is 6.92 Å². The Morgan fingerprint density at radius 3 is 2.50 bits per heavy atom. The van der Waals surface area contributed by atoms with Crippen LogP contribution in [0.5, 0.6) is 0 Å². The largest absolute Gasteiger partial charge is 0.339 e. The number of rotatable bonds is 5. The molecule has 2 amide bonds. The summed E-state index contributed by atoms with van der Waals surface area (Å²) in [5.74, 6) is 1.66. The van der Waals surface area contributed by atoms with E-state index in [1.54, 1.807) is 24.3 Å². The van der Waals surface area contributed by atoms with Crippen molar-refractivity contribution < 1.29 is 9.59 Å². The Morgan fingerprint density at radius 2 is 1.88 bits per heavy atom. The molecule has 1 N–H and O–H groups in total. The van der Waals surface area contributed by atoms with Crippen molar-refractivity contribution in [3.05, 3.63) is 48.0 Å². The van der Waals surface area contributed by atoms with E-state index >= 15 is 0 Å². The molecule has 2 aromatic rings. The van der Waals surface area contributed by atoms with Crippen molar-refractivity contribution in [2.24, 2.45) is 5.92 Å². The number of aryl methyl sites for hydroxylation is 1. The summed E-state index contributed by atoms with van der Waals surface area (Å²) >= 11 is 0. The van der Waals surface area contributed by atoms with Crippen LogP contribution in [0.1, 0.15) is 42.9 Å². The second-order valence-corrected chi connectivity index (χ2v) is 6.84. The van der Waals surface area contributed by atoms with Crippen LogP contribution in [0.25, 0.3) is 0 Å². The summed E-state index contributed by atoms with van der Waals surface area (Å²) in [6, 6.07) is 7.09. The maximum Gasteiger partial charge on any atom is 0.253 e. The van der Waals surface area contributed by atoms with Crippen LogP contribution in [0.2, 0.25) is 0 Å². The van der Waals surface area contributed by atoms with Crippen molar-refractivity contribution in [3.8, 4) is 0 Å². The fourth-order valence-electron chi connectivity index (χ4n) is 3.50. The summed E-state index contributed by atoms with van der Waals surface area (Å²) in [4.78, 5) is 30.1. The molecule has 0 radical (unpaired) electrons. The van der Waals surface area contributed by atoms with E-state index in [1.807, 2.05) is 17.3 Å². The van der Waals surface area contributed by atoms with Gasteiger partial charge in [-0.05, 0) is 43.0 Å². The van der Waals surface area contributed by atoms with E-state index in [9.17, 15) is 9.59 Å². The molecule has 138 valence electrons. The monoisotopic (exact) mass is 354 g/mol. The van der Waals surface area contributed by atoms with E-state index in [0.29, 0.717) is 17.2 Å². The van der Waals surface area contributed by atoms with Crippen molar-refractivity contribution in [1.82, 2.24) is 14.5 Å². The summed E-state index contributed by atoms with van der Waals surface area (Å²) < 4.78 is 2.24. The number of hydrogen-bond donors (Lipinski definition) is 1. The number of hydrogen-bond acceptors (Lipinski definition) is 3. The highest BCUT2D eigenvalue weighted by molar-refractivity contribution is 5.95. The molecule has 0 atom stereocenters. The molecule has 1 fully saturated rings. The molecule has 3 rings (SSSR count). The van der Waals surface area contributed by atoms with E-state index in [1.165, 1.54) is 6.92 Å². The molecule has 6 nitrogen and oxygen atoms in total. The van der Waals surface area contributed by atoms with E-state index in [4.69, 9.17) is 0 Å². The number of piperidine rings is 1. The van der Waals surface area contributed by atoms with Crippen molar-refractivity contribution >= 4 is 17.5 Å². The van der Waals surface area contributed by atoms with Crippen LogP contribution >= 0.6 is 0 Å². The number of benzene rings is 1. The Kier molecular flexibility index (Phi) is 5.71. The van der Waals surface area contributed by atoms with Crippen LogP contribution in [0.15, 0.2) is 36.7 Å². The smallest absolute Gasteiger partial charge is 0.253 e. The number of nitrogens with one attached hydrogen (secondary N) is 1. The number of nitrogens with zero attached hydrogens (tertiary/aromatic N) is 3. The fourth-order valence-corrected chi connectivity index (χ4v) is 3.50. The molecule has 26 heavy (non-hydrogen) atoms. The molecule has 0 unspecified atom stereocenters. The summed E-state index contributed by atoms with van der Waals surface area (Å²) in [6.07, 6.45) is 6.88. The number of aromatic nitrogens is 2. The summed E-state index contributed by atoms with van der Waals surface area (Å²) in [5, 5.41) is 2.72. The predicted octanol–water partition coefficient (Wildman–Crippen LogP) is 2.96. The quantitative estimate of drug-likeness (QED) is 0.898. The topological polar surface area (TPSA) is 67.2 Å². The van der Waals surface area contributed by atoms with Crippen molar-refractivity contribution in [1.29, 1.82) is 0 Å². The molecule has 2 heterocycles. The third-order valence-corrected chi connectivity index (χ3v) is 4.93. The van der Waals surface area contributed by atoms with Crippen molar-refractivity contribution in [2.75, 3.05) is 18.4 Å². The lowest BCUT2D eigenvalue weighted by Gasteiger charge is -2.32. The van der Waals surface area contributed by atoms with Crippen molar-refractivity contribution in [2.45, 2.75) is 39.7 Å². The Labute approximate surface area is 154 Å². The van der Waals surface area contributed by atoms with E-state index in [2.05, 4.69) is 21.8 Å². The first-order valence-corrected chi connectivity index (χ1v) is 9.23. The number of carbonyl (C=O) groups is 2. The van der Waals surface area contributed by atoms with Gasteiger partial charge in [-0.25, -0.2) is 4.98 Å². The van der Waals surface area contributed by atoms with E-state index in [-0.39, 0.29) is 11.8 Å². The minimum absolute atomic E-state index is 0.0645. The Bertz CT molecular complexity index is 758. The zero-order chi connectivity index (χ0) is 18.5. The second kappa shape index (κ2) is 8.17. The first-order valence-electron chi connectivity index (χ1n) is 9.23. The normalized spacial score (nSPS) is 15.1. The maximum atomic E-state index is 12.7. The average Bonchev–Trinajstić information content (AvgIpc) is 3.09. The van der Waals surface area contributed by atoms with Crippen LogP contribution in [0, 0.1) is 5.92 Å². The highest BCUT2D eigenvalue weighted by atomic mass is 16.2. The SMILES string of the molecule is CCc1nccn1CC1CCN(C(=O)c2ccc(NC(C)=O)cc2)CC1. The van der Waals surface area contributed by atoms with Gasteiger partial charge < -0.3 is 14.8 Å². The van der Waals surface area contributed by atoms with Gasteiger partial charge in [0.1, 0.15) is 5.82 Å². The second-order valence-electron chi connectivity index (χ2n) is 6.84. The molecule has 0 bridgehead atoms. The highest BCUT2D eigenvalue weighted by Crippen LogP contribution is 2.22. The molecule has 1 aromatic carbocycles. The van der Waals surface area contributed by atoms with Gasteiger partial charge in [0.25, 0.3) is 5.91 Å². The Hall–Kier alpha value is -2.63. The van der Waals surface area contributed by atoms with Gasteiger partial charge in [0.05, 0.1) is 0 Å². The fraction of sp³-hybridized carbons (Fsp3) is 0.450. The molecule has 1 saturated heterocycles. The predicted molar refractivity (Wildman–Crippen MR) is 101 cm³/mol. The van der Waals surface area contributed by atoms with Crippen molar-refractivity contribution in [3.63, 3.8) is 0 Å². The van der Waals surface area contributed by atoms with Crippen LogP contribution in [-0.2, 0) is 17.8 Å². The van der Waals surface area contributed by atoms with Gasteiger partial charge >= 0.3 is 0 Å². The summed E-state index contributed by atoms with van der Waals surface area (Å²) in [6.45, 7) is 6.14. The number of imidazole rings is 1. The van der Waals surface area contributed by atoms with Gasteiger partial charge in [-0.15, -0.1) is 0 Å². The summed E-state index contributed by atoms with van der Waals surface area (Å²) in [5.41, 5.74) is 1.38. The summed E-state index contributed by atoms with van der Waals surface area (Å²) in [7, 11) is 0. The first kappa shape index (κ1) is 18.2. The number of likely N-dealkylation sites (tertiary alicyclic amines) is 1. The van der Waals surface area contributed by atoms with Gasteiger partial charge in [-0.3, -0.25) is 9.59 Å². The molecular formula is C20H26N4O2. The average molecular weight is 354 g/mol. The maximum absolute atomic E-state index is 12.7. The zero-order valence-corrected chi connectivity index (χ0v) is 15.4. The number of carbonyl (C=O) groups excluding carboxylic acids is 2. The molecule has 0 saturated carbocycles. The molecule has 1 aliphatic heterocycles. The molecule has 0 aliphatic carbocycles. The van der Waals surface area contributed by atoms with Gasteiger partial charge in [0.2, 0.25) is 5.91 Å². The Morgan fingerprint density at radius 1 is 1.19 bits per heavy atom. The lowest BCUT2D eigenvalue weighted by Crippen LogP contribution is -2.39. The van der Waals surface area contributed by atoms with Crippen LogP contribution in [-0.4, -0.2) is 39.4 Å². The van der Waals surface area contributed by atoms with Gasteiger partial charge in [0.15, 0.2) is 0 Å². The third-order valence-electron chi connectivity index (χ3n) is 4.93.